The molecule has 2 saturated heterocycles. The molecule has 0 radical (unpaired) electrons. The van der Waals surface area contributed by atoms with Crippen molar-refractivity contribution in [3.63, 3.8) is 0 Å². The highest BCUT2D eigenvalue weighted by Crippen LogP contribution is 2.22. The van der Waals surface area contributed by atoms with Crippen LogP contribution < -0.4 is 15.5 Å². The number of carbonyl (C=O) groups is 2. The Bertz CT molecular complexity index is 2470. The number of likely N-dealkylation sites (N-methyl/N-ethyl adjacent to an activating group) is 2. The van der Waals surface area contributed by atoms with E-state index in [9.17, 15) is 14.7 Å². The fourth-order valence-corrected chi connectivity index (χ4v) is 7.48. The third kappa shape index (κ3) is 18.9. The first kappa shape index (κ1) is 59.3. The smallest absolute Gasteiger partial charge is 0.337 e. The molecule has 0 bridgehead atoms. The van der Waals surface area contributed by atoms with E-state index in [-0.39, 0.29) is 38.4 Å². The first-order valence-corrected chi connectivity index (χ1v) is 23.5. The molecule has 2 aliphatic heterocycles. The van der Waals surface area contributed by atoms with Crippen molar-refractivity contribution in [1.29, 1.82) is 0 Å². The normalized spacial score (nSPS) is 13.4. The number of carbonyl (C=O) groups excluding carboxylic acids is 2. The first-order chi connectivity index (χ1) is 33.4. The van der Waals surface area contributed by atoms with E-state index in [1.807, 2.05) is 68.2 Å². The van der Waals surface area contributed by atoms with Crippen molar-refractivity contribution in [3.05, 3.63) is 127 Å². The predicted octanol–water partition coefficient (Wildman–Crippen LogP) is 7.04. The van der Waals surface area contributed by atoms with E-state index < -0.39 is 0 Å². The zero-order valence-electron chi connectivity index (χ0n) is 40.3. The molecule has 382 valence electrons. The van der Waals surface area contributed by atoms with E-state index >= 15 is 0 Å². The summed E-state index contributed by atoms with van der Waals surface area (Å²) in [5.41, 5.74) is 12.4. The maximum Gasteiger partial charge on any atom is 0.337 e. The van der Waals surface area contributed by atoms with Crippen molar-refractivity contribution in [1.82, 2.24) is 44.6 Å². The SMILES string of the molecule is C.CN(CCCl)CCCl.CN1CCN(c2cnc(-c3cccc(CO)c3)nc2)CC1.COC(=O)c1cccc(-c2ncc(N)cn2)c1.COC(=O)c1cccc(-c2ncc(N3CCN(C)CC3)cn2)c1.Cl. The summed E-state index contributed by atoms with van der Waals surface area (Å²) in [4.78, 5) is 60.3. The zero-order chi connectivity index (χ0) is 49.5. The maximum atomic E-state index is 11.6. The van der Waals surface area contributed by atoms with E-state index in [1.54, 1.807) is 36.4 Å². The second-order valence-electron chi connectivity index (χ2n) is 16.1. The van der Waals surface area contributed by atoms with E-state index in [4.69, 9.17) is 33.7 Å². The van der Waals surface area contributed by atoms with E-state index in [0.29, 0.717) is 46.0 Å². The van der Waals surface area contributed by atoms with E-state index in [0.717, 1.165) is 99.1 Å². The minimum absolute atomic E-state index is 0. The van der Waals surface area contributed by atoms with Gasteiger partial charge in [-0.2, -0.15) is 0 Å². The van der Waals surface area contributed by atoms with Crippen LogP contribution in [0, 0.1) is 0 Å². The average Bonchev–Trinajstić information content (AvgIpc) is 3.40. The third-order valence-corrected chi connectivity index (χ3v) is 11.4. The lowest BCUT2D eigenvalue weighted by Crippen LogP contribution is -2.44. The molecule has 0 amide bonds. The Balaban J connectivity index is 0.000000260. The summed E-state index contributed by atoms with van der Waals surface area (Å²) in [6.45, 7) is 10.1. The molecule has 3 N–H and O–H groups in total. The van der Waals surface area contributed by atoms with Crippen LogP contribution in [0.3, 0.4) is 0 Å². The highest BCUT2D eigenvalue weighted by Gasteiger charge is 2.17. The summed E-state index contributed by atoms with van der Waals surface area (Å²) < 4.78 is 9.39. The number of methoxy groups -OCH3 is 2. The maximum absolute atomic E-state index is 11.6. The second kappa shape index (κ2) is 31.3. The monoisotopic (exact) mass is 1030 g/mol. The number of aliphatic hydroxyl groups excluding tert-OH is 1. The fourth-order valence-electron chi connectivity index (χ4n) is 6.90. The lowest BCUT2D eigenvalue weighted by Gasteiger charge is -2.33. The van der Waals surface area contributed by atoms with Crippen LogP contribution in [-0.4, -0.2) is 174 Å². The Morgan fingerprint density at radius 1 is 0.606 bits per heavy atom. The van der Waals surface area contributed by atoms with Gasteiger partial charge in [0, 0.05) is 93.9 Å². The number of anilines is 3. The molecule has 0 atom stereocenters. The topological polar surface area (TPSA) is 192 Å². The van der Waals surface area contributed by atoms with Gasteiger partial charge in [-0.25, -0.2) is 39.5 Å². The van der Waals surface area contributed by atoms with Gasteiger partial charge in [-0.05, 0) is 57.0 Å². The summed E-state index contributed by atoms with van der Waals surface area (Å²) in [5, 5.41) is 9.19. The fraction of sp³-hybridized carbons (Fsp3) is 0.373. The molecule has 8 rings (SSSR count). The van der Waals surface area contributed by atoms with Crippen LogP contribution in [0.4, 0.5) is 17.1 Å². The number of esters is 2. The van der Waals surface area contributed by atoms with Crippen molar-refractivity contribution in [2.24, 2.45) is 0 Å². The van der Waals surface area contributed by atoms with Crippen LogP contribution in [-0.2, 0) is 16.1 Å². The second-order valence-corrected chi connectivity index (χ2v) is 16.9. The number of nitrogen functional groups attached to an aromatic ring is 1. The number of aliphatic hydroxyl groups is 1. The minimum atomic E-state index is -0.387. The van der Waals surface area contributed by atoms with Gasteiger partial charge in [-0.3, -0.25) is 0 Å². The van der Waals surface area contributed by atoms with Gasteiger partial charge in [-0.15, -0.1) is 35.6 Å². The Labute approximate surface area is 434 Å². The standard InChI is InChI=1S/C17H20N4O2.C16H20N4O.C12H11N3O2.C5H11Cl2N.CH4.ClH/c1-20-6-8-21(9-7-20)15-11-18-16(19-12-15)13-4-3-5-14(10-13)17(22)23-2;1-19-5-7-20(8-6-19)15-10-17-16(18-11-15)14-4-2-3-13(9-14)12-21;1-17-12(16)9-4-2-3-8(5-9)11-14-6-10(13)7-15-11;1-8(4-2-6)5-3-7;;/h3-5,10-12H,6-9H2,1-2H3;2-4,9-11,21H,5-8,12H2,1H3;2-7H,13H2,1H3;2-5H2,1H3;1H4;1H. The molecule has 17 nitrogen and oxygen atoms in total. The highest BCUT2D eigenvalue weighted by atomic mass is 35.5. The average molecular weight is 1030 g/mol. The quantitative estimate of drug-likeness (QED) is 0.0936. The summed E-state index contributed by atoms with van der Waals surface area (Å²) in [6.07, 6.45) is 10.5. The number of benzene rings is 3. The molecule has 2 fully saturated rings. The van der Waals surface area contributed by atoms with Gasteiger partial charge in [0.15, 0.2) is 17.5 Å². The Kier molecular flexibility index (Phi) is 26.1. The molecule has 0 spiro atoms. The van der Waals surface area contributed by atoms with Crippen molar-refractivity contribution in [3.8, 4) is 34.2 Å². The minimum Gasteiger partial charge on any atom is -0.465 e. The molecule has 71 heavy (non-hydrogen) atoms. The van der Waals surface area contributed by atoms with Gasteiger partial charge >= 0.3 is 11.9 Å². The van der Waals surface area contributed by atoms with Gasteiger partial charge in [0.1, 0.15) is 0 Å². The lowest BCUT2D eigenvalue weighted by atomic mass is 10.1. The van der Waals surface area contributed by atoms with Crippen LogP contribution in [0.25, 0.3) is 34.2 Å². The number of aromatic nitrogens is 6. The van der Waals surface area contributed by atoms with Crippen LogP contribution in [0.1, 0.15) is 33.7 Å². The van der Waals surface area contributed by atoms with Crippen LogP contribution in [0.15, 0.2) is 110 Å². The van der Waals surface area contributed by atoms with E-state index in [2.05, 4.69) is 73.2 Å². The summed E-state index contributed by atoms with van der Waals surface area (Å²) in [5.74, 6) is 2.45. The van der Waals surface area contributed by atoms with Gasteiger partial charge in [0.25, 0.3) is 0 Å². The molecule has 20 heteroatoms. The largest absolute Gasteiger partial charge is 0.465 e. The Morgan fingerprint density at radius 2 is 0.958 bits per heavy atom. The predicted molar refractivity (Wildman–Crippen MR) is 288 cm³/mol. The summed E-state index contributed by atoms with van der Waals surface area (Å²) >= 11 is 10.9. The first-order valence-electron chi connectivity index (χ1n) is 22.4. The molecule has 3 aromatic carbocycles. The number of rotatable bonds is 12. The van der Waals surface area contributed by atoms with Crippen LogP contribution >= 0.6 is 35.6 Å². The van der Waals surface area contributed by atoms with Crippen molar-refractivity contribution < 1.29 is 24.2 Å². The number of hydrogen-bond acceptors (Lipinski definition) is 17. The number of ether oxygens (including phenoxy) is 2. The van der Waals surface area contributed by atoms with Crippen molar-refractivity contribution in [2.45, 2.75) is 14.0 Å². The van der Waals surface area contributed by atoms with Crippen molar-refractivity contribution >= 4 is 64.6 Å². The number of halogens is 3. The number of piperazine rings is 2. The lowest BCUT2D eigenvalue weighted by molar-refractivity contribution is 0.0592. The molecule has 5 heterocycles. The molecule has 0 unspecified atom stereocenters. The van der Waals surface area contributed by atoms with Gasteiger partial charge < -0.3 is 44.8 Å². The molecule has 0 saturated carbocycles. The molecule has 2 aliphatic rings. The number of nitrogens with zero attached hydrogens (tertiary/aromatic N) is 11. The Morgan fingerprint density at radius 3 is 1.31 bits per heavy atom. The van der Waals surface area contributed by atoms with Crippen LogP contribution in [0.5, 0.6) is 0 Å². The summed E-state index contributed by atoms with van der Waals surface area (Å²) in [6, 6.07) is 21.8. The molecule has 6 aromatic rings. The van der Waals surface area contributed by atoms with Gasteiger partial charge in [0.2, 0.25) is 0 Å². The third-order valence-electron chi connectivity index (χ3n) is 11.1. The number of alkyl halides is 2. The number of nitrogens with two attached hydrogens (primary N) is 1. The van der Waals surface area contributed by atoms with Crippen LogP contribution in [0.2, 0.25) is 0 Å². The van der Waals surface area contributed by atoms with Gasteiger partial charge in [0.05, 0.1) is 86.2 Å². The Hall–Kier alpha value is -6.05. The van der Waals surface area contributed by atoms with E-state index in [1.165, 1.54) is 26.6 Å². The molecule has 0 aliphatic carbocycles. The molecule has 3 aromatic heterocycles. The molecular weight excluding hydrogens is 967 g/mol. The number of hydrogen-bond donors (Lipinski definition) is 2. The van der Waals surface area contributed by atoms with Crippen molar-refractivity contribution in [2.75, 3.05) is 128 Å². The zero-order valence-corrected chi connectivity index (χ0v) is 42.7. The highest BCUT2D eigenvalue weighted by molar-refractivity contribution is 6.18. The summed E-state index contributed by atoms with van der Waals surface area (Å²) in [7, 11) is 8.99. The van der Waals surface area contributed by atoms with Gasteiger partial charge in [-0.1, -0.05) is 49.9 Å². The molecular formula is C51H67Cl3N12O5.